The number of anilines is 1. The average molecular weight is 384 g/mol. The summed E-state index contributed by atoms with van der Waals surface area (Å²) >= 11 is 6.49. The van der Waals surface area contributed by atoms with E-state index in [1.54, 1.807) is 0 Å². The van der Waals surface area contributed by atoms with E-state index in [1.807, 2.05) is 36.4 Å². The van der Waals surface area contributed by atoms with Crippen molar-refractivity contribution in [1.82, 2.24) is 9.47 Å². The molecule has 3 nitrogen and oxygen atoms in total. The summed E-state index contributed by atoms with van der Waals surface area (Å²) in [5, 5.41) is 0.733. The minimum Gasteiger partial charge on any atom is -0.355 e. The highest BCUT2D eigenvalue weighted by Gasteiger charge is 2.20. The third-order valence-corrected chi connectivity index (χ3v) is 5.44. The predicted molar refractivity (Wildman–Crippen MR) is 110 cm³/mol. The first-order valence-corrected chi connectivity index (χ1v) is 9.62. The molecule has 1 aromatic heterocycles. The first-order valence-electron chi connectivity index (χ1n) is 9.24. The molecule has 0 amide bonds. The zero-order valence-corrected chi connectivity index (χ0v) is 16.2. The quantitative estimate of drug-likeness (QED) is 0.651. The Labute approximate surface area is 164 Å². The van der Waals surface area contributed by atoms with Crippen molar-refractivity contribution >= 4 is 17.4 Å². The van der Waals surface area contributed by atoms with Crippen molar-refractivity contribution in [3.8, 4) is 5.69 Å². The molecule has 0 radical (unpaired) electrons. The van der Waals surface area contributed by atoms with Gasteiger partial charge in [-0.05, 0) is 54.9 Å². The van der Waals surface area contributed by atoms with Crippen LogP contribution in [-0.4, -0.2) is 42.7 Å². The molecule has 0 aliphatic carbocycles. The molecule has 1 saturated heterocycles. The highest BCUT2D eigenvalue weighted by molar-refractivity contribution is 6.32. The van der Waals surface area contributed by atoms with E-state index >= 15 is 0 Å². The first kappa shape index (κ1) is 18.1. The molecule has 0 spiro atoms. The lowest BCUT2D eigenvalue weighted by Gasteiger charge is -2.34. The number of nitrogens with zero attached hydrogens (tertiary/aromatic N) is 3. The van der Waals surface area contributed by atoms with E-state index in [0.717, 1.165) is 54.7 Å². The van der Waals surface area contributed by atoms with Crippen LogP contribution in [0.3, 0.4) is 0 Å². The van der Waals surface area contributed by atoms with E-state index in [0.29, 0.717) is 0 Å². The van der Waals surface area contributed by atoms with E-state index in [4.69, 9.17) is 11.6 Å². The Morgan fingerprint density at radius 1 is 0.926 bits per heavy atom. The lowest BCUT2D eigenvalue weighted by molar-refractivity contribution is 0.311. The number of benzene rings is 2. The minimum absolute atomic E-state index is 0.203. The highest BCUT2D eigenvalue weighted by Crippen LogP contribution is 2.30. The molecule has 2 heterocycles. The number of para-hydroxylation sites is 1. The van der Waals surface area contributed by atoms with Gasteiger partial charge in [0.2, 0.25) is 0 Å². The Morgan fingerprint density at radius 2 is 1.63 bits per heavy atom. The Kier molecular flexibility index (Phi) is 5.19. The molecule has 1 fully saturated rings. The Balaban J connectivity index is 1.70. The van der Waals surface area contributed by atoms with Crippen LogP contribution in [0.5, 0.6) is 0 Å². The van der Waals surface area contributed by atoms with E-state index in [-0.39, 0.29) is 5.82 Å². The summed E-state index contributed by atoms with van der Waals surface area (Å²) in [6.45, 7) is 4.06. The molecule has 140 valence electrons. The zero-order chi connectivity index (χ0) is 18.8. The van der Waals surface area contributed by atoms with Crippen molar-refractivity contribution in [2.75, 3.05) is 38.1 Å². The van der Waals surface area contributed by atoms with E-state index in [2.05, 4.69) is 33.7 Å². The molecule has 4 rings (SSSR count). The maximum atomic E-state index is 13.2. The van der Waals surface area contributed by atoms with Gasteiger partial charge in [0.25, 0.3) is 0 Å². The van der Waals surface area contributed by atoms with Crippen molar-refractivity contribution in [2.45, 2.75) is 6.42 Å². The molecule has 1 aliphatic rings. The highest BCUT2D eigenvalue weighted by atomic mass is 35.5. The van der Waals surface area contributed by atoms with Crippen LogP contribution in [0.15, 0.2) is 60.8 Å². The van der Waals surface area contributed by atoms with Crippen LogP contribution in [0.2, 0.25) is 5.02 Å². The molecule has 1 aliphatic heterocycles. The van der Waals surface area contributed by atoms with Crippen LogP contribution in [0.4, 0.5) is 10.2 Å². The molecule has 27 heavy (non-hydrogen) atoms. The summed E-state index contributed by atoms with van der Waals surface area (Å²) in [6, 6.07) is 16.9. The molecule has 0 bridgehead atoms. The number of halogens is 2. The summed E-state index contributed by atoms with van der Waals surface area (Å²) < 4.78 is 15.4. The largest absolute Gasteiger partial charge is 0.355 e. The lowest BCUT2D eigenvalue weighted by Crippen LogP contribution is -2.45. The smallest absolute Gasteiger partial charge is 0.123 e. The number of rotatable bonds is 4. The van der Waals surface area contributed by atoms with Gasteiger partial charge in [-0.3, -0.25) is 0 Å². The van der Waals surface area contributed by atoms with Crippen LogP contribution in [0, 0.1) is 5.82 Å². The van der Waals surface area contributed by atoms with E-state index < -0.39 is 0 Å². The maximum Gasteiger partial charge on any atom is 0.123 e. The number of hydrogen-bond acceptors (Lipinski definition) is 2. The SMILES string of the molecule is CN1CCN(c2cc(Cc3ccc(F)cc3)cn2-c2ccccc2Cl)CC1. The van der Waals surface area contributed by atoms with Gasteiger partial charge in [-0.1, -0.05) is 35.9 Å². The molecule has 0 N–H and O–H groups in total. The van der Waals surface area contributed by atoms with Crippen LogP contribution < -0.4 is 4.90 Å². The molecule has 0 saturated carbocycles. The first-order chi connectivity index (χ1) is 13.1. The number of likely N-dealkylation sites (N-methyl/N-ethyl adjacent to an activating group) is 1. The fourth-order valence-electron chi connectivity index (χ4n) is 3.56. The maximum absolute atomic E-state index is 13.2. The molecular weight excluding hydrogens is 361 g/mol. The van der Waals surface area contributed by atoms with Gasteiger partial charge in [-0.15, -0.1) is 0 Å². The van der Waals surface area contributed by atoms with Crippen molar-refractivity contribution < 1.29 is 4.39 Å². The standard InChI is InChI=1S/C22H23ClFN3/c1-25-10-12-26(13-11-25)22-15-18(14-17-6-8-19(24)9-7-17)16-27(22)21-5-3-2-4-20(21)23/h2-9,15-16H,10-14H2,1H3. The van der Waals surface area contributed by atoms with Gasteiger partial charge in [0.1, 0.15) is 11.6 Å². The Bertz CT molecular complexity index is 912. The van der Waals surface area contributed by atoms with Gasteiger partial charge in [0.05, 0.1) is 10.7 Å². The second-order valence-corrected chi connectivity index (χ2v) is 7.53. The summed E-state index contributed by atoms with van der Waals surface area (Å²) in [5.74, 6) is 0.957. The molecule has 0 atom stereocenters. The van der Waals surface area contributed by atoms with Gasteiger partial charge in [-0.2, -0.15) is 0 Å². The van der Waals surface area contributed by atoms with Crippen LogP contribution in [-0.2, 0) is 6.42 Å². The predicted octanol–water partition coefficient (Wildman–Crippen LogP) is 4.61. The van der Waals surface area contributed by atoms with Crippen LogP contribution in [0.25, 0.3) is 5.69 Å². The third-order valence-electron chi connectivity index (χ3n) is 5.12. The number of hydrogen-bond donors (Lipinski definition) is 0. The zero-order valence-electron chi connectivity index (χ0n) is 15.4. The number of aromatic nitrogens is 1. The monoisotopic (exact) mass is 383 g/mol. The summed E-state index contributed by atoms with van der Waals surface area (Å²) in [4.78, 5) is 4.76. The second kappa shape index (κ2) is 7.75. The minimum atomic E-state index is -0.203. The van der Waals surface area contributed by atoms with Crippen molar-refractivity contribution in [3.63, 3.8) is 0 Å². The normalized spacial score (nSPS) is 15.3. The Morgan fingerprint density at radius 3 is 2.33 bits per heavy atom. The molecule has 2 aromatic carbocycles. The molecule has 0 unspecified atom stereocenters. The third kappa shape index (κ3) is 4.02. The summed E-state index contributed by atoms with van der Waals surface area (Å²) in [7, 11) is 2.16. The lowest BCUT2D eigenvalue weighted by atomic mass is 10.1. The fraction of sp³-hybridized carbons (Fsp3) is 0.273. The van der Waals surface area contributed by atoms with Gasteiger partial charge in [0, 0.05) is 32.4 Å². The topological polar surface area (TPSA) is 11.4 Å². The Hall–Kier alpha value is -2.30. The van der Waals surface area contributed by atoms with Gasteiger partial charge < -0.3 is 14.4 Å². The van der Waals surface area contributed by atoms with Crippen molar-refractivity contribution in [1.29, 1.82) is 0 Å². The van der Waals surface area contributed by atoms with Gasteiger partial charge in [-0.25, -0.2) is 4.39 Å². The summed E-state index contributed by atoms with van der Waals surface area (Å²) in [6.07, 6.45) is 2.91. The van der Waals surface area contributed by atoms with Crippen LogP contribution in [0.1, 0.15) is 11.1 Å². The van der Waals surface area contributed by atoms with Crippen molar-refractivity contribution in [3.05, 3.63) is 82.8 Å². The average Bonchev–Trinajstić information content (AvgIpc) is 3.08. The van der Waals surface area contributed by atoms with E-state index in [9.17, 15) is 4.39 Å². The second-order valence-electron chi connectivity index (χ2n) is 7.12. The van der Waals surface area contributed by atoms with Crippen LogP contribution >= 0.6 is 11.6 Å². The molecular formula is C22H23ClFN3. The van der Waals surface area contributed by atoms with Gasteiger partial charge >= 0.3 is 0 Å². The summed E-state index contributed by atoms with van der Waals surface area (Å²) in [5.41, 5.74) is 3.27. The van der Waals surface area contributed by atoms with Crippen molar-refractivity contribution in [2.24, 2.45) is 0 Å². The fourth-order valence-corrected chi connectivity index (χ4v) is 3.79. The molecule has 5 heteroatoms. The van der Waals surface area contributed by atoms with Gasteiger partial charge in [0.15, 0.2) is 0 Å². The van der Waals surface area contributed by atoms with E-state index in [1.165, 1.54) is 17.7 Å². The molecule has 3 aromatic rings. The number of piperazine rings is 1.